The lowest BCUT2D eigenvalue weighted by Crippen LogP contribution is -2.38. The number of rotatable bonds is 3. The molecule has 0 bridgehead atoms. The fourth-order valence-electron chi connectivity index (χ4n) is 1.85. The first-order valence-corrected chi connectivity index (χ1v) is 6.80. The Bertz CT molecular complexity index is 466. The van der Waals surface area contributed by atoms with Gasteiger partial charge in [-0.2, -0.15) is 11.8 Å². The molecule has 2 rings (SSSR count). The molecule has 2 heterocycles. The van der Waals surface area contributed by atoms with Crippen LogP contribution in [0.1, 0.15) is 22.6 Å². The zero-order valence-corrected chi connectivity index (χ0v) is 10.8. The summed E-state index contributed by atoms with van der Waals surface area (Å²) >= 11 is 1.80. The molecular formula is C11H15N3O3S. The van der Waals surface area contributed by atoms with Crippen molar-refractivity contribution >= 4 is 29.4 Å². The van der Waals surface area contributed by atoms with Crippen molar-refractivity contribution in [3.05, 3.63) is 17.5 Å². The number of aryl methyl sites for hydroxylation is 1. The highest BCUT2D eigenvalue weighted by Crippen LogP contribution is 2.19. The maximum Gasteiger partial charge on any atom is 0.354 e. The summed E-state index contributed by atoms with van der Waals surface area (Å²) in [5, 5.41) is 14.4. The summed E-state index contributed by atoms with van der Waals surface area (Å²) in [5.41, 5.74) is 0.991. The molecule has 0 aliphatic carbocycles. The lowest BCUT2D eigenvalue weighted by Gasteiger charge is -2.11. The van der Waals surface area contributed by atoms with Gasteiger partial charge in [0.05, 0.1) is 5.69 Å². The van der Waals surface area contributed by atoms with E-state index in [1.807, 2.05) is 0 Å². The van der Waals surface area contributed by atoms with Crippen LogP contribution >= 0.6 is 11.8 Å². The molecule has 6 nitrogen and oxygen atoms in total. The number of anilines is 1. The number of carboxylic acids is 1. The molecule has 1 aliphatic rings. The van der Waals surface area contributed by atoms with Gasteiger partial charge in [-0.05, 0) is 25.2 Å². The van der Waals surface area contributed by atoms with Crippen LogP contribution in [0.4, 0.5) is 10.5 Å². The summed E-state index contributed by atoms with van der Waals surface area (Å²) in [6.45, 7) is 1.74. The van der Waals surface area contributed by atoms with Crippen molar-refractivity contribution in [1.82, 2.24) is 10.3 Å². The normalized spacial score (nSPS) is 18.6. The molecule has 1 saturated heterocycles. The van der Waals surface area contributed by atoms with Crippen LogP contribution in [0.25, 0.3) is 0 Å². The highest BCUT2D eigenvalue weighted by molar-refractivity contribution is 7.99. The number of thioether (sulfide) groups is 1. The lowest BCUT2D eigenvalue weighted by atomic mass is 10.3. The van der Waals surface area contributed by atoms with Gasteiger partial charge in [-0.1, -0.05) is 0 Å². The Balaban J connectivity index is 1.99. The van der Waals surface area contributed by atoms with Gasteiger partial charge in [0.1, 0.15) is 5.69 Å². The van der Waals surface area contributed by atoms with Crippen molar-refractivity contribution in [3.63, 3.8) is 0 Å². The monoisotopic (exact) mass is 269 g/mol. The highest BCUT2D eigenvalue weighted by Gasteiger charge is 2.19. The molecule has 1 aromatic heterocycles. The third-order valence-electron chi connectivity index (χ3n) is 2.68. The van der Waals surface area contributed by atoms with Crippen molar-refractivity contribution in [3.8, 4) is 0 Å². The number of carboxylic acid groups (broad SMARTS) is 1. The van der Waals surface area contributed by atoms with Gasteiger partial charge in [-0.15, -0.1) is 0 Å². The predicted molar refractivity (Wildman–Crippen MR) is 70.4 cm³/mol. The van der Waals surface area contributed by atoms with Crippen molar-refractivity contribution < 1.29 is 14.7 Å². The SMILES string of the molecule is Cc1cc(NC(=O)NC2CCSC2)c(C(=O)O)[nH]1. The van der Waals surface area contributed by atoms with Gasteiger partial charge in [0, 0.05) is 17.5 Å². The standard InChI is InChI=1S/C11H15N3O3S/c1-6-4-8(9(12-6)10(15)16)14-11(17)13-7-2-3-18-5-7/h4,7,12H,2-3,5H2,1H3,(H,15,16)(H2,13,14,17). The number of nitrogens with one attached hydrogen (secondary N) is 3. The van der Waals surface area contributed by atoms with E-state index in [0.29, 0.717) is 11.4 Å². The molecular weight excluding hydrogens is 254 g/mol. The summed E-state index contributed by atoms with van der Waals surface area (Å²) in [7, 11) is 0. The van der Waals surface area contributed by atoms with Crippen molar-refractivity contribution in [2.75, 3.05) is 16.8 Å². The van der Waals surface area contributed by atoms with Crippen LogP contribution in [0.5, 0.6) is 0 Å². The summed E-state index contributed by atoms with van der Waals surface area (Å²) in [5.74, 6) is 0.870. The molecule has 0 radical (unpaired) electrons. The van der Waals surface area contributed by atoms with Crippen LogP contribution in [0, 0.1) is 6.92 Å². The second kappa shape index (κ2) is 5.34. The fourth-order valence-corrected chi connectivity index (χ4v) is 3.00. The van der Waals surface area contributed by atoms with Crippen LogP contribution < -0.4 is 10.6 Å². The molecule has 0 spiro atoms. The quantitative estimate of drug-likeness (QED) is 0.671. The highest BCUT2D eigenvalue weighted by atomic mass is 32.2. The van der Waals surface area contributed by atoms with Gasteiger partial charge in [-0.25, -0.2) is 9.59 Å². The molecule has 1 aliphatic heterocycles. The van der Waals surface area contributed by atoms with Crippen LogP contribution in [0.2, 0.25) is 0 Å². The molecule has 1 aromatic rings. The van der Waals surface area contributed by atoms with Crippen molar-refractivity contribution in [1.29, 1.82) is 0 Å². The minimum Gasteiger partial charge on any atom is -0.477 e. The Hall–Kier alpha value is -1.63. The first kappa shape index (κ1) is 12.8. The van der Waals surface area contributed by atoms with Crippen LogP contribution in [-0.4, -0.2) is 39.6 Å². The maximum atomic E-state index is 11.7. The molecule has 1 atom stereocenters. The average Bonchev–Trinajstić information content (AvgIpc) is 2.88. The molecule has 0 saturated carbocycles. The van der Waals surface area contributed by atoms with Crippen LogP contribution in [-0.2, 0) is 0 Å². The number of H-pyrrole nitrogens is 1. The molecule has 1 unspecified atom stereocenters. The predicted octanol–water partition coefficient (Wildman–Crippen LogP) is 1.65. The van der Waals surface area contributed by atoms with Gasteiger partial charge in [0.25, 0.3) is 0 Å². The Morgan fingerprint density at radius 1 is 1.56 bits per heavy atom. The number of carbonyl (C=O) groups excluding carboxylic acids is 1. The fraction of sp³-hybridized carbons (Fsp3) is 0.455. The molecule has 98 valence electrons. The van der Waals surface area contributed by atoms with E-state index < -0.39 is 5.97 Å². The van der Waals surface area contributed by atoms with Crippen molar-refractivity contribution in [2.45, 2.75) is 19.4 Å². The van der Waals surface area contributed by atoms with E-state index in [9.17, 15) is 9.59 Å². The molecule has 18 heavy (non-hydrogen) atoms. The van der Waals surface area contributed by atoms with Gasteiger partial charge in [0.2, 0.25) is 0 Å². The van der Waals surface area contributed by atoms with Crippen LogP contribution in [0.3, 0.4) is 0 Å². The number of aromatic amines is 1. The Morgan fingerprint density at radius 2 is 2.33 bits per heavy atom. The molecule has 0 aromatic carbocycles. The molecule has 1 fully saturated rings. The molecule has 4 N–H and O–H groups in total. The number of hydrogen-bond acceptors (Lipinski definition) is 3. The van der Waals surface area contributed by atoms with E-state index in [2.05, 4.69) is 15.6 Å². The van der Waals surface area contributed by atoms with Gasteiger partial charge >= 0.3 is 12.0 Å². The first-order chi connectivity index (χ1) is 8.56. The maximum absolute atomic E-state index is 11.7. The van der Waals surface area contributed by atoms with Gasteiger partial charge < -0.3 is 20.7 Å². The van der Waals surface area contributed by atoms with Gasteiger partial charge in [-0.3, -0.25) is 0 Å². The average molecular weight is 269 g/mol. The third kappa shape index (κ3) is 2.98. The topological polar surface area (TPSA) is 94.2 Å². The number of amides is 2. The second-order valence-electron chi connectivity index (χ2n) is 4.21. The lowest BCUT2D eigenvalue weighted by molar-refractivity contribution is 0.0692. The van der Waals surface area contributed by atoms with E-state index in [1.165, 1.54) is 0 Å². The van der Waals surface area contributed by atoms with Gasteiger partial charge in [0.15, 0.2) is 0 Å². The van der Waals surface area contributed by atoms with E-state index in [4.69, 9.17) is 5.11 Å². The van der Waals surface area contributed by atoms with Crippen molar-refractivity contribution in [2.24, 2.45) is 0 Å². The molecule has 7 heteroatoms. The zero-order chi connectivity index (χ0) is 13.1. The minimum absolute atomic E-state index is 0.00319. The second-order valence-corrected chi connectivity index (χ2v) is 5.35. The number of carbonyl (C=O) groups is 2. The first-order valence-electron chi connectivity index (χ1n) is 5.64. The minimum atomic E-state index is -1.09. The third-order valence-corrected chi connectivity index (χ3v) is 3.84. The zero-order valence-electron chi connectivity index (χ0n) is 9.95. The molecule has 2 amide bonds. The summed E-state index contributed by atoms with van der Waals surface area (Å²) in [4.78, 5) is 25.4. The summed E-state index contributed by atoms with van der Waals surface area (Å²) in [6, 6.07) is 1.42. The van der Waals surface area contributed by atoms with E-state index >= 15 is 0 Å². The number of aromatic carboxylic acids is 1. The number of hydrogen-bond donors (Lipinski definition) is 4. The van der Waals surface area contributed by atoms with E-state index in [0.717, 1.165) is 17.9 Å². The smallest absolute Gasteiger partial charge is 0.354 e. The Labute approximate surface area is 109 Å². The van der Waals surface area contributed by atoms with E-state index in [1.54, 1.807) is 24.8 Å². The summed E-state index contributed by atoms with van der Waals surface area (Å²) < 4.78 is 0. The largest absolute Gasteiger partial charge is 0.477 e. The number of urea groups is 1. The Kier molecular flexibility index (Phi) is 3.81. The Morgan fingerprint density at radius 3 is 2.94 bits per heavy atom. The van der Waals surface area contributed by atoms with Crippen LogP contribution in [0.15, 0.2) is 6.07 Å². The summed E-state index contributed by atoms with van der Waals surface area (Å²) in [6.07, 6.45) is 0.954. The van der Waals surface area contributed by atoms with E-state index in [-0.39, 0.29) is 17.8 Å². The number of aromatic nitrogens is 1.